The minimum absolute atomic E-state index is 0. The van der Waals surface area contributed by atoms with Gasteiger partial charge in [0.1, 0.15) is 0 Å². The average Bonchev–Trinajstić information content (AvgIpc) is 2.91. The highest BCUT2D eigenvalue weighted by Gasteiger charge is 2.03. The largest absolute Gasteiger partial charge is 0.357 e. The Bertz CT molecular complexity index is 672. The highest BCUT2D eigenvalue weighted by Crippen LogP contribution is 2.21. The minimum atomic E-state index is 0. The lowest BCUT2D eigenvalue weighted by Crippen LogP contribution is -2.38. The molecule has 2 aromatic rings. The summed E-state index contributed by atoms with van der Waals surface area (Å²) in [6, 6.07) is 5.45. The van der Waals surface area contributed by atoms with E-state index in [-0.39, 0.29) is 24.0 Å². The number of aryl methyl sites for hydroxylation is 1. The molecule has 0 unspecified atom stereocenters. The summed E-state index contributed by atoms with van der Waals surface area (Å²) in [6.07, 6.45) is 4.78. The van der Waals surface area contributed by atoms with Crippen molar-refractivity contribution in [2.45, 2.75) is 19.9 Å². The van der Waals surface area contributed by atoms with E-state index < -0.39 is 0 Å². The molecule has 132 valence electrons. The molecule has 0 saturated heterocycles. The summed E-state index contributed by atoms with van der Waals surface area (Å²) >= 11 is 12.1. The first-order valence-electron chi connectivity index (χ1n) is 7.52. The average molecular weight is 482 g/mol. The van der Waals surface area contributed by atoms with Crippen molar-refractivity contribution in [3.8, 4) is 0 Å². The van der Waals surface area contributed by atoms with E-state index in [0.29, 0.717) is 16.6 Å². The predicted octanol–water partition coefficient (Wildman–Crippen LogP) is 3.64. The molecule has 0 aliphatic carbocycles. The number of aromatic nitrogens is 2. The van der Waals surface area contributed by atoms with Crippen LogP contribution in [0.2, 0.25) is 10.0 Å². The third kappa shape index (κ3) is 6.86. The maximum absolute atomic E-state index is 6.17. The van der Waals surface area contributed by atoms with Crippen LogP contribution >= 0.6 is 47.2 Å². The minimum Gasteiger partial charge on any atom is -0.357 e. The smallest absolute Gasteiger partial charge is 0.191 e. The molecular formula is C16H22Cl2IN5. The first-order chi connectivity index (χ1) is 11.1. The first kappa shape index (κ1) is 21.1. The van der Waals surface area contributed by atoms with Crippen molar-refractivity contribution in [2.75, 3.05) is 13.1 Å². The number of nitrogens with one attached hydrogen (secondary N) is 2. The molecule has 0 atom stereocenters. The number of nitrogens with zero attached hydrogens (tertiary/aromatic N) is 3. The summed E-state index contributed by atoms with van der Waals surface area (Å²) in [5, 5.41) is 12.0. The molecule has 1 heterocycles. The van der Waals surface area contributed by atoms with Gasteiger partial charge < -0.3 is 10.6 Å². The number of rotatable bonds is 6. The summed E-state index contributed by atoms with van der Waals surface area (Å²) < 4.78 is 1.80. The van der Waals surface area contributed by atoms with Crippen molar-refractivity contribution in [3.63, 3.8) is 0 Å². The van der Waals surface area contributed by atoms with Gasteiger partial charge in [-0.15, -0.1) is 24.0 Å². The third-order valence-electron chi connectivity index (χ3n) is 3.23. The zero-order valence-corrected chi connectivity index (χ0v) is 17.6. The van der Waals surface area contributed by atoms with Gasteiger partial charge in [0.15, 0.2) is 5.96 Å². The van der Waals surface area contributed by atoms with Crippen LogP contribution in [0.3, 0.4) is 0 Å². The molecule has 2 rings (SSSR count). The van der Waals surface area contributed by atoms with Crippen LogP contribution in [-0.4, -0.2) is 28.8 Å². The Morgan fingerprint density at radius 1 is 1.29 bits per heavy atom. The molecule has 1 aromatic heterocycles. The van der Waals surface area contributed by atoms with Crippen LogP contribution in [0.15, 0.2) is 35.6 Å². The maximum atomic E-state index is 6.17. The standard InChI is InChI=1S/C16H21Cl2N5.HI/c1-3-19-16(20-7-6-12-9-22-23(2)11-12)21-10-13-4-5-14(17)8-15(13)18;/h4-5,8-9,11H,3,6-7,10H2,1-2H3,(H2,19,20,21);1H. The summed E-state index contributed by atoms with van der Waals surface area (Å²) in [4.78, 5) is 4.56. The van der Waals surface area contributed by atoms with Gasteiger partial charge in [0.2, 0.25) is 0 Å². The maximum Gasteiger partial charge on any atom is 0.191 e. The SMILES string of the molecule is CCNC(=NCc1ccc(Cl)cc1Cl)NCCc1cnn(C)c1.I. The van der Waals surface area contributed by atoms with E-state index in [1.54, 1.807) is 10.7 Å². The van der Waals surface area contributed by atoms with Crippen molar-refractivity contribution in [1.29, 1.82) is 0 Å². The van der Waals surface area contributed by atoms with Gasteiger partial charge in [0.25, 0.3) is 0 Å². The van der Waals surface area contributed by atoms with Gasteiger partial charge in [-0.25, -0.2) is 4.99 Å². The summed E-state index contributed by atoms with van der Waals surface area (Å²) in [6.45, 7) is 4.12. The van der Waals surface area contributed by atoms with Crippen molar-refractivity contribution >= 4 is 53.1 Å². The summed E-state index contributed by atoms with van der Waals surface area (Å²) in [5.74, 6) is 0.766. The topological polar surface area (TPSA) is 54.2 Å². The number of benzene rings is 1. The monoisotopic (exact) mass is 481 g/mol. The van der Waals surface area contributed by atoms with Crippen LogP contribution in [0, 0.1) is 0 Å². The molecule has 24 heavy (non-hydrogen) atoms. The molecule has 8 heteroatoms. The Morgan fingerprint density at radius 2 is 2.08 bits per heavy atom. The molecule has 0 bridgehead atoms. The highest BCUT2D eigenvalue weighted by molar-refractivity contribution is 14.0. The zero-order chi connectivity index (χ0) is 16.7. The molecule has 0 aliphatic rings. The second-order valence-corrected chi connectivity index (χ2v) is 5.97. The molecular weight excluding hydrogens is 460 g/mol. The fourth-order valence-corrected chi connectivity index (χ4v) is 2.55. The van der Waals surface area contributed by atoms with Crippen LogP contribution in [0.25, 0.3) is 0 Å². The van der Waals surface area contributed by atoms with Crippen LogP contribution in [-0.2, 0) is 20.0 Å². The van der Waals surface area contributed by atoms with E-state index in [9.17, 15) is 0 Å². The van der Waals surface area contributed by atoms with E-state index in [4.69, 9.17) is 23.2 Å². The van der Waals surface area contributed by atoms with Gasteiger partial charge in [0.05, 0.1) is 12.7 Å². The normalized spacial score (nSPS) is 11.1. The molecule has 0 fully saturated rings. The van der Waals surface area contributed by atoms with Crippen molar-refractivity contribution in [1.82, 2.24) is 20.4 Å². The van der Waals surface area contributed by atoms with Crippen LogP contribution in [0.4, 0.5) is 0 Å². The molecule has 5 nitrogen and oxygen atoms in total. The second-order valence-electron chi connectivity index (χ2n) is 5.13. The number of guanidine groups is 1. The molecule has 0 aliphatic heterocycles. The van der Waals surface area contributed by atoms with Crippen molar-refractivity contribution in [2.24, 2.45) is 12.0 Å². The Hall–Kier alpha value is -0.990. The zero-order valence-electron chi connectivity index (χ0n) is 13.7. The van der Waals surface area contributed by atoms with Gasteiger partial charge in [0, 0.05) is 36.4 Å². The molecule has 0 amide bonds. The van der Waals surface area contributed by atoms with Crippen molar-refractivity contribution in [3.05, 3.63) is 51.8 Å². The number of hydrogen-bond donors (Lipinski definition) is 2. The van der Waals surface area contributed by atoms with Gasteiger partial charge in [-0.3, -0.25) is 4.68 Å². The third-order valence-corrected chi connectivity index (χ3v) is 3.82. The van der Waals surface area contributed by atoms with E-state index in [0.717, 1.165) is 31.0 Å². The fourth-order valence-electron chi connectivity index (χ4n) is 2.08. The van der Waals surface area contributed by atoms with Gasteiger partial charge in [-0.1, -0.05) is 29.3 Å². The number of halogens is 3. The Kier molecular flexibility index (Phi) is 9.46. The molecule has 0 spiro atoms. The summed E-state index contributed by atoms with van der Waals surface area (Å²) in [7, 11) is 1.91. The Morgan fingerprint density at radius 3 is 2.71 bits per heavy atom. The quantitative estimate of drug-likeness (QED) is 0.376. The van der Waals surface area contributed by atoms with Crippen LogP contribution in [0.5, 0.6) is 0 Å². The Balaban J connectivity index is 0.00000288. The molecule has 0 saturated carbocycles. The van der Waals surface area contributed by atoms with E-state index >= 15 is 0 Å². The number of hydrogen-bond acceptors (Lipinski definition) is 2. The van der Waals surface area contributed by atoms with E-state index in [2.05, 4.69) is 20.7 Å². The van der Waals surface area contributed by atoms with Gasteiger partial charge in [-0.05, 0) is 36.6 Å². The van der Waals surface area contributed by atoms with E-state index in [1.807, 2.05) is 38.5 Å². The van der Waals surface area contributed by atoms with Gasteiger partial charge >= 0.3 is 0 Å². The highest BCUT2D eigenvalue weighted by atomic mass is 127. The first-order valence-corrected chi connectivity index (χ1v) is 8.27. The fraction of sp³-hybridized carbons (Fsp3) is 0.375. The van der Waals surface area contributed by atoms with Crippen LogP contribution in [0.1, 0.15) is 18.1 Å². The lowest BCUT2D eigenvalue weighted by molar-refractivity contribution is 0.765. The number of aliphatic imine (C=N–C) groups is 1. The molecule has 0 radical (unpaired) electrons. The predicted molar refractivity (Wildman–Crippen MR) is 112 cm³/mol. The summed E-state index contributed by atoms with van der Waals surface area (Å²) in [5.41, 5.74) is 2.14. The van der Waals surface area contributed by atoms with E-state index in [1.165, 1.54) is 5.56 Å². The lowest BCUT2D eigenvalue weighted by atomic mass is 10.2. The lowest BCUT2D eigenvalue weighted by Gasteiger charge is -2.11. The van der Waals surface area contributed by atoms with Crippen molar-refractivity contribution < 1.29 is 0 Å². The van der Waals surface area contributed by atoms with Gasteiger partial charge in [-0.2, -0.15) is 5.10 Å². The Labute approximate surface area is 169 Å². The van der Waals surface area contributed by atoms with Crippen LogP contribution < -0.4 is 10.6 Å². The molecule has 2 N–H and O–H groups in total. The molecule has 1 aromatic carbocycles. The second kappa shape index (κ2) is 10.8.